The topological polar surface area (TPSA) is 84.6 Å². The van der Waals surface area contributed by atoms with Gasteiger partial charge in [0.05, 0.1) is 32.4 Å². The van der Waals surface area contributed by atoms with Crippen LogP contribution in [-0.4, -0.2) is 34.7 Å². The van der Waals surface area contributed by atoms with E-state index in [1.807, 2.05) is 67.8 Å². The minimum Gasteiger partial charge on any atom is -0.423 e. The van der Waals surface area contributed by atoms with E-state index in [4.69, 9.17) is 32.7 Å². The van der Waals surface area contributed by atoms with Crippen LogP contribution >= 0.6 is 23.2 Å². The van der Waals surface area contributed by atoms with Crippen LogP contribution in [0.2, 0.25) is 10.0 Å². The van der Waals surface area contributed by atoms with Crippen LogP contribution in [0.1, 0.15) is 59.9 Å². The maximum Gasteiger partial charge on any atom is 0.492 e. The Labute approximate surface area is 247 Å². The molecule has 6 rings (SSSR count). The van der Waals surface area contributed by atoms with E-state index in [0.29, 0.717) is 36.2 Å². The van der Waals surface area contributed by atoms with Gasteiger partial charge >= 0.3 is 7.12 Å². The minimum absolute atomic E-state index is 0.0827. The summed E-state index contributed by atoms with van der Waals surface area (Å²) in [5.74, 6) is -0.872. The summed E-state index contributed by atoms with van der Waals surface area (Å²) in [7, 11) is -0.949. The number of carbonyl (C=O) groups excluding carboxylic acids is 1. The number of halogens is 3. The largest absolute Gasteiger partial charge is 0.492 e. The predicted octanol–water partition coefficient (Wildman–Crippen LogP) is 5.35. The number of pyridine rings is 1. The van der Waals surface area contributed by atoms with Crippen LogP contribution in [0.25, 0.3) is 5.52 Å². The second kappa shape index (κ2) is 10.2. The van der Waals surface area contributed by atoms with Crippen LogP contribution in [0.4, 0.5) is 4.39 Å². The Morgan fingerprint density at radius 2 is 1.90 bits per heavy atom. The lowest BCUT2D eigenvalue weighted by Gasteiger charge is -2.22. The Kier molecular flexibility index (Phi) is 6.89. The van der Waals surface area contributed by atoms with Gasteiger partial charge in [0.15, 0.2) is 11.4 Å². The van der Waals surface area contributed by atoms with Crippen molar-refractivity contribution < 1.29 is 23.7 Å². The Morgan fingerprint density at radius 3 is 2.66 bits per heavy atom. The summed E-state index contributed by atoms with van der Waals surface area (Å²) in [5.41, 5.74) is 4.62. The Hall–Kier alpha value is -3.37. The van der Waals surface area contributed by atoms with Crippen LogP contribution in [0.5, 0.6) is 0 Å². The number of benzene rings is 2. The third-order valence-electron chi connectivity index (χ3n) is 7.83. The van der Waals surface area contributed by atoms with Crippen molar-refractivity contribution in [1.29, 1.82) is 0 Å². The lowest BCUT2D eigenvalue weighted by atomic mass is 9.77. The fourth-order valence-corrected chi connectivity index (χ4v) is 6.09. The van der Waals surface area contributed by atoms with Crippen molar-refractivity contribution in [2.45, 2.75) is 44.8 Å². The molecule has 0 aliphatic carbocycles. The quantitative estimate of drug-likeness (QED) is 0.233. The molecule has 2 aliphatic rings. The first-order valence-electron chi connectivity index (χ1n) is 13.2. The highest BCUT2D eigenvalue weighted by atomic mass is 35.5. The van der Waals surface area contributed by atoms with Crippen molar-refractivity contribution in [2.75, 3.05) is 6.54 Å². The van der Waals surface area contributed by atoms with Crippen molar-refractivity contribution in [3.63, 3.8) is 0 Å². The molecule has 0 spiro atoms. The number of carbonyl (C=O) groups is 1. The molecule has 41 heavy (non-hydrogen) atoms. The van der Waals surface area contributed by atoms with Crippen LogP contribution < -0.4 is 10.8 Å². The first kappa shape index (κ1) is 27.8. The third kappa shape index (κ3) is 4.91. The monoisotopic (exact) mass is 593 g/mol. The Bertz CT molecular complexity index is 1720. The highest BCUT2D eigenvalue weighted by Gasteiger charge is 2.41. The fraction of sp³-hybridized carbons (Fsp3) is 0.267. The van der Waals surface area contributed by atoms with Gasteiger partial charge in [-0.2, -0.15) is 0 Å². The number of fused-ring (bicyclic) bond motifs is 2. The summed E-state index contributed by atoms with van der Waals surface area (Å²) >= 11 is 12.0. The first-order valence-corrected chi connectivity index (χ1v) is 14.0. The number of nitrogens with one attached hydrogen (secondary N) is 1. The molecule has 1 atom stereocenters. The molecule has 11 heteroatoms. The average Bonchev–Trinajstić information content (AvgIpc) is 3.63. The Balaban J connectivity index is 1.16. The second-order valence-electron chi connectivity index (χ2n) is 11.1. The van der Waals surface area contributed by atoms with Gasteiger partial charge in [-0.25, -0.2) is 4.39 Å². The lowest BCUT2D eigenvalue weighted by molar-refractivity contribution is -0.00742. The molecule has 1 amide bonds. The molecule has 2 N–H and O–H groups in total. The third-order valence-corrected chi connectivity index (χ3v) is 8.38. The van der Waals surface area contributed by atoms with Gasteiger partial charge < -0.3 is 24.2 Å². The molecule has 2 aromatic heterocycles. The van der Waals surface area contributed by atoms with Crippen LogP contribution in [0.15, 0.2) is 65.9 Å². The van der Waals surface area contributed by atoms with Gasteiger partial charge in [0, 0.05) is 24.7 Å². The average molecular weight is 594 g/mol. The number of hydrogen-bond acceptors (Lipinski definition) is 5. The van der Waals surface area contributed by atoms with Gasteiger partial charge in [-0.05, 0) is 80.2 Å². The van der Waals surface area contributed by atoms with Gasteiger partial charge in [0.2, 0.25) is 0 Å². The summed E-state index contributed by atoms with van der Waals surface area (Å²) in [6.07, 6.45) is 2.86. The van der Waals surface area contributed by atoms with Crippen molar-refractivity contribution >= 4 is 52.9 Å². The molecule has 2 aromatic carbocycles. The standard InChI is InChI=1S/C30H27BCl2FN3O4/c1-29(2)20-8-6-17(13-21(20)31(39)40-29)10-11-35-28(38)19-7-9-26(37-12-4-5-25(19)37)24-16-30(3,41-36-24)18-14-22(32)27(34)23(33)15-18/h4-9,12-15,39H,10-11,16H2,1-3H3,(H,35,38). The van der Waals surface area contributed by atoms with E-state index in [1.165, 1.54) is 12.1 Å². The molecule has 4 heterocycles. The summed E-state index contributed by atoms with van der Waals surface area (Å²) in [5, 5.41) is 17.4. The van der Waals surface area contributed by atoms with Gasteiger partial charge in [0.25, 0.3) is 5.91 Å². The summed E-state index contributed by atoms with van der Waals surface area (Å²) in [6, 6.07) is 16.3. The second-order valence-corrected chi connectivity index (χ2v) is 11.9. The minimum atomic E-state index is -0.949. The van der Waals surface area contributed by atoms with E-state index in [-0.39, 0.29) is 16.0 Å². The molecule has 1 unspecified atom stereocenters. The van der Waals surface area contributed by atoms with Crippen molar-refractivity contribution in [3.05, 3.63) is 105 Å². The zero-order chi connectivity index (χ0) is 29.1. The van der Waals surface area contributed by atoms with Crippen LogP contribution in [0, 0.1) is 5.82 Å². The molecule has 0 saturated carbocycles. The number of amides is 1. The van der Waals surface area contributed by atoms with Crippen molar-refractivity contribution in [2.24, 2.45) is 5.16 Å². The number of oxime groups is 1. The van der Waals surface area contributed by atoms with Crippen molar-refractivity contribution in [3.8, 4) is 0 Å². The SMILES string of the molecule is CC1(C)OB(O)c2cc(CCNC(=O)c3ccc(C4=NOC(C)(c5cc(Cl)c(F)c(Cl)c5)C4)n4cccc34)ccc21. The van der Waals surface area contributed by atoms with E-state index < -0.39 is 24.1 Å². The zero-order valence-corrected chi connectivity index (χ0v) is 24.2. The highest BCUT2D eigenvalue weighted by molar-refractivity contribution is 6.62. The number of rotatable bonds is 6. The van der Waals surface area contributed by atoms with E-state index in [2.05, 4.69) is 10.5 Å². The highest BCUT2D eigenvalue weighted by Crippen LogP contribution is 2.39. The van der Waals surface area contributed by atoms with E-state index in [0.717, 1.165) is 27.8 Å². The first-order chi connectivity index (χ1) is 19.5. The number of hydrogen-bond donors (Lipinski definition) is 2. The fourth-order valence-electron chi connectivity index (χ4n) is 5.60. The molecule has 0 saturated heterocycles. The van der Waals surface area contributed by atoms with Gasteiger partial charge in [0.1, 0.15) is 5.71 Å². The summed E-state index contributed by atoms with van der Waals surface area (Å²) in [6.45, 7) is 6.12. The summed E-state index contributed by atoms with van der Waals surface area (Å²) < 4.78 is 21.5. The molecular formula is C30H27BCl2FN3O4. The maximum absolute atomic E-state index is 14.0. The predicted molar refractivity (Wildman–Crippen MR) is 158 cm³/mol. The molecule has 7 nitrogen and oxygen atoms in total. The normalized spacial score (nSPS) is 19.3. The van der Waals surface area contributed by atoms with Crippen LogP contribution in [-0.2, 0) is 27.1 Å². The molecule has 2 aliphatic heterocycles. The van der Waals surface area contributed by atoms with Gasteiger partial charge in [-0.3, -0.25) is 4.79 Å². The summed E-state index contributed by atoms with van der Waals surface area (Å²) in [4.78, 5) is 19.0. The molecule has 0 bridgehead atoms. The van der Waals surface area contributed by atoms with E-state index in [1.54, 1.807) is 6.07 Å². The zero-order valence-electron chi connectivity index (χ0n) is 22.7. The smallest absolute Gasteiger partial charge is 0.423 e. The van der Waals surface area contributed by atoms with Gasteiger partial charge in [-0.1, -0.05) is 46.6 Å². The number of nitrogens with zero attached hydrogens (tertiary/aromatic N) is 2. The molecule has 0 radical (unpaired) electrons. The lowest BCUT2D eigenvalue weighted by Crippen LogP contribution is -2.29. The van der Waals surface area contributed by atoms with E-state index >= 15 is 0 Å². The van der Waals surface area contributed by atoms with Crippen molar-refractivity contribution in [1.82, 2.24) is 9.72 Å². The van der Waals surface area contributed by atoms with E-state index in [9.17, 15) is 14.2 Å². The van der Waals surface area contributed by atoms with Gasteiger partial charge in [-0.15, -0.1) is 0 Å². The molecule has 0 fully saturated rings. The molecule has 210 valence electrons. The maximum atomic E-state index is 14.0. The number of aromatic nitrogens is 1. The Morgan fingerprint density at radius 1 is 1.15 bits per heavy atom. The molecule has 4 aromatic rings. The molecular weight excluding hydrogens is 567 g/mol. The van der Waals surface area contributed by atoms with Crippen LogP contribution in [0.3, 0.4) is 0 Å².